The predicted octanol–water partition coefficient (Wildman–Crippen LogP) is 2.05. The first-order valence-electron chi connectivity index (χ1n) is 6.44. The zero-order valence-electron chi connectivity index (χ0n) is 11.5. The van der Waals surface area contributed by atoms with Crippen LogP contribution in [0.1, 0.15) is 12.0 Å². The van der Waals surface area contributed by atoms with Crippen molar-refractivity contribution in [3.05, 3.63) is 29.6 Å². The maximum atomic E-state index is 13.5. The molecule has 0 bridgehead atoms. The van der Waals surface area contributed by atoms with Crippen molar-refractivity contribution in [3.8, 4) is 0 Å². The highest BCUT2D eigenvalue weighted by atomic mass is 19.4. The number of urea groups is 1. The van der Waals surface area contributed by atoms with E-state index >= 15 is 0 Å². The summed E-state index contributed by atoms with van der Waals surface area (Å²) in [6, 6.07) is 0.821. The molecule has 2 amide bonds. The normalized spacial score (nSPS) is 11.4. The van der Waals surface area contributed by atoms with E-state index < -0.39 is 29.3 Å². The maximum absolute atomic E-state index is 13.5. The molecule has 0 atom stereocenters. The molecule has 0 saturated heterocycles. The van der Waals surface area contributed by atoms with Gasteiger partial charge in [0.25, 0.3) is 0 Å². The lowest BCUT2D eigenvalue weighted by atomic mass is 10.2. The molecule has 0 spiro atoms. The van der Waals surface area contributed by atoms with Crippen LogP contribution in [0, 0.1) is 5.82 Å². The molecule has 22 heavy (non-hydrogen) atoms. The standard InChI is InChI=1S/C13H16F4N2O3/c14-10-3-2-9(13(15,16)17)8-11(10)18-12(22)19(5-7-21)4-1-6-20/h2-3,8,20-21H,1,4-7H2,(H,18,22). The number of anilines is 1. The minimum Gasteiger partial charge on any atom is -0.396 e. The van der Waals surface area contributed by atoms with Crippen molar-refractivity contribution >= 4 is 11.7 Å². The molecule has 1 aromatic carbocycles. The summed E-state index contributed by atoms with van der Waals surface area (Å²) >= 11 is 0. The van der Waals surface area contributed by atoms with Gasteiger partial charge in [-0.15, -0.1) is 0 Å². The number of nitrogens with one attached hydrogen (secondary N) is 1. The van der Waals surface area contributed by atoms with Gasteiger partial charge in [-0.1, -0.05) is 0 Å². The fraction of sp³-hybridized carbons (Fsp3) is 0.462. The third-order valence-electron chi connectivity index (χ3n) is 2.78. The third-order valence-corrected chi connectivity index (χ3v) is 2.78. The lowest BCUT2D eigenvalue weighted by Crippen LogP contribution is -2.38. The molecule has 5 nitrogen and oxygen atoms in total. The van der Waals surface area contributed by atoms with E-state index in [1.807, 2.05) is 5.32 Å². The Morgan fingerprint density at radius 1 is 1.18 bits per heavy atom. The Morgan fingerprint density at radius 2 is 1.86 bits per heavy atom. The lowest BCUT2D eigenvalue weighted by Gasteiger charge is -2.22. The van der Waals surface area contributed by atoms with Crippen LogP contribution < -0.4 is 5.32 Å². The van der Waals surface area contributed by atoms with Crippen molar-refractivity contribution in [3.63, 3.8) is 0 Å². The van der Waals surface area contributed by atoms with Crippen LogP contribution in [0.5, 0.6) is 0 Å². The summed E-state index contributed by atoms with van der Waals surface area (Å²) in [7, 11) is 0. The SMILES string of the molecule is O=C(Nc1cc(C(F)(F)F)ccc1F)N(CCO)CCCO. The topological polar surface area (TPSA) is 72.8 Å². The molecule has 0 radical (unpaired) electrons. The van der Waals surface area contributed by atoms with E-state index in [2.05, 4.69) is 0 Å². The zero-order chi connectivity index (χ0) is 16.8. The van der Waals surface area contributed by atoms with Gasteiger partial charge in [0.15, 0.2) is 0 Å². The van der Waals surface area contributed by atoms with Crippen LogP contribution >= 0.6 is 0 Å². The van der Waals surface area contributed by atoms with Crippen LogP contribution in [0.3, 0.4) is 0 Å². The van der Waals surface area contributed by atoms with Crippen LogP contribution in [0.4, 0.5) is 28.0 Å². The fourth-order valence-electron chi connectivity index (χ4n) is 1.69. The number of hydrogen-bond donors (Lipinski definition) is 3. The second-order valence-corrected chi connectivity index (χ2v) is 4.41. The molecule has 124 valence electrons. The molecule has 3 N–H and O–H groups in total. The highest BCUT2D eigenvalue weighted by Gasteiger charge is 2.31. The number of aliphatic hydroxyl groups is 2. The average Bonchev–Trinajstić information content (AvgIpc) is 2.44. The first kappa shape index (κ1) is 18.2. The zero-order valence-corrected chi connectivity index (χ0v) is 11.5. The summed E-state index contributed by atoms with van der Waals surface area (Å²) in [5.41, 5.74) is -1.69. The molecule has 0 aliphatic carbocycles. The Morgan fingerprint density at radius 3 is 2.41 bits per heavy atom. The fourth-order valence-corrected chi connectivity index (χ4v) is 1.69. The summed E-state index contributed by atoms with van der Waals surface area (Å²) in [5, 5.41) is 19.6. The maximum Gasteiger partial charge on any atom is 0.416 e. The van der Waals surface area contributed by atoms with Crippen molar-refractivity contribution in [2.24, 2.45) is 0 Å². The van der Waals surface area contributed by atoms with Crippen LogP contribution in [-0.2, 0) is 6.18 Å². The van der Waals surface area contributed by atoms with Gasteiger partial charge in [0.05, 0.1) is 17.9 Å². The average molecular weight is 324 g/mol. The number of nitrogens with zero attached hydrogens (tertiary/aromatic N) is 1. The Bertz CT molecular complexity index is 509. The Labute approximate surface area is 124 Å². The molecule has 0 aromatic heterocycles. The minimum atomic E-state index is -4.66. The molecular weight excluding hydrogens is 308 g/mol. The number of carbonyl (C=O) groups is 1. The monoisotopic (exact) mass is 324 g/mol. The van der Waals surface area contributed by atoms with E-state index in [4.69, 9.17) is 10.2 Å². The summed E-state index contributed by atoms with van der Waals surface area (Å²) in [5.74, 6) is -1.01. The van der Waals surface area contributed by atoms with Crippen LogP contribution in [0.15, 0.2) is 18.2 Å². The molecule has 0 heterocycles. The number of amides is 2. The van der Waals surface area contributed by atoms with Gasteiger partial charge >= 0.3 is 12.2 Å². The number of hydrogen-bond acceptors (Lipinski definition) is 3. The summed E-state index contributed by atoms with van der Waals surface area (Å²) in [6.45, 7) is -0.590. The quantitative estimate of drug-likeness (QED) is 0.701. The first-order chi connectivity index (χ1) is 10.3. The van der Waals surface area contributed by atoms with E-state index in [0.29, 0.717) is 18.2 Å². The second kappa shape index (κ2) is 7.95. The van der Waals surface area contributed by atoms with Gasteiger partial charge in [-0.3, -0.25) is 0 Å². The summed E-state index contributed by atoms with van der Waals surface area (Å²) in [6.07, 6.45) is -4.44. The van der Waals surface area contributed by atoms with Crippen molar-refractivity contribution < 1.29 is 32.6 Å². The number of alkyl halides is 3. The number of aliphatic hydroxyl groups excluding tert-OH is 2. The Kier molecular flexibility index (Phi) is 6.57. The molecule has 0 aliphatic rings. The molecule has 0 fully saturated rings. The van der Waals surface area contributed by atoms with Gasteiger partial charge in [-0.2, -0.15) is 13.2 Å². The van der Waals surface area contributed by atoms with Gasteiger partial charge in [-0.25, -0.2) is 9.18 Å². The lowest BCUT2D eigenvalue weighted by molar-refractivity contribution is -0.137. The van der Waals surface area contributed by atoms with Crippen molar-refractivity contribution in [1.82, 2.24) is 4.90 Å². The first-order valence-corrected chi connectivity index (χ1v) is 6.44. The molecule has 9 heteroatoms. The predicted molar refractivity (Wildman–Crippen MR) is 70.8 cm³/mol. The van der Waals surface area contributed by atoms with Crippen LogP contribution in [-0.4, -0.2) is 47.4 Å². The van der Waals surface area contributed by atoms with Gasteiger partial charge < -0.3 is 20.4 Å². The molecule has 0 unspecified atom stereocenters. The minimum absolute atomic E-state index is 0.0729. The molecule has 1 aromatic rings. The number of benzene rings is 1. The number of halogens is 4. The van der Waals surface area contributed by atoms with Crippen molar-refractivity contribution in [1.29, 1.82) is 0 Å². The van der Waals surface area contributed by atoms with E-state index in [-0.39, 0.29) is 32.7 Å². The van der Waals surface area contributed by atoms with Gasteiger partial charge in [0, 0.05) is 19.7 Å². The molecule has 1 rings (SSSR count). The molecule has 0 saturated carbocycles. The number of carbonyl (C=O) groups excluding carboxylic acids is 1. The summed E-state index contributed by atoms with van der Waals surface area (Å²) in [4.78, 5) is 13.0. The van der Waals surface area contributed by atoms with Crippen molar-refractivity contribution in [2.45, 2.75) is 12.6 Å². The highest BCUT2D eigenvalue weighted by molar-refractivity contribution is 5.89. The third kappa shape index (κ3) is 5.15. The van der Waals surface area contributed by atoms with Crippen molar-refractivity contribution in [2.75, 3.05) is 31.6 Å². The van der Waals surface area contributed by atoms with Crippen LogP contribution in [0.25, 0.3) is 0 Å². The largest absolute Gasteiger partial charge is 0.416 e. The van der Waals surface area contributed by atoms with E-state index in [0.717, 1.165) is 4.90 Å². The number of rotatable bonds is 6. The highest BCUT2D eigenvalue weighted by Crippen LogP contribution is 2.31. The summed E-state index contributed by atoms with van der Waals surface area (Å²) < 4.78 is 51.3. The Balaban J connectivity index is 2.89. The van der Waals surface area contributed by atoms with Gasteiger partial charge in [0.2, 0.25) is 0 Å². The van der Waals surface area contributed by atoms with Gasteiger partial charge in [0.1, 0.15) is 5.82 Å². The van der Waals surface area contributed by atoms with Gasteiger partial charge in [-0.05, 0) is 24.6 Å². The Hall–Kier alpha value is -1.87. The smallest absolute Gasteiger partial charge is 0.396 e. The van der Waals surface area contributed by atoms with Crippen LogP contribution in [0.2, 0.25) is 0 Å². The molecule has 0 aliphatic heterocycles. The van der Waals surface area contributed by atoms with E-state index in [1.54, 1.807) is 0 Å². The van der Waals surface area contributed by atoms with E-state index in [9.17, 15) is 22.4 Å². The second-order valence-electron chi connectivity index (χ2n) is 4.41. The van der Waals surface area contributed by atoms with E-state index in [1.165, 1.54) is 0 Å². The molecular formula is C13H16F4N2O3.